The number of hydrogen-bond acceptors (Lipinski definition) is 4. The van der Waals surface area contributed by atoms with E-state index in [1.54, 1.807) is 0 Å². The Hall–Kier alpha value is -2.34. The van der Waals surface area contributed by atoms with Crippen LogP contribution in [0.15, 0.2) is 36.4 Å². The minimum Gasteiger partial charge on any atom is -0.489 e. The van der Waals surface area contributed by atoms with Crippen molar-refractivity contribution in [2.45, 2.75) is 51.1 Å². The lowest BCUT2D eigenvalue weighted by Crippen LogP contribution is -2.48. The largest absolute Gasteiger partial charge is 0.489 e. The highest BCUT2D eigenvalue weighted by molar-refractivity contribution is 5.79. The molecule has 5 rings (SSSR count). The maximum absolute atomic E-state index is 13.3. The molecular weight excluding hydrogens is 402 g/mol. The Morgan fingerprint density at radius 2 is 1.94 bits per heavy atom. The first kappa shape index (κ1) is 21.5. The zero-order valence-electron chi connectivity index (χ0n) is 18.9. The SMILES string of the molecule is O=C(C[C@@H]1CCN2C[C@@H]1/C=C/COc1ccccc1CN(CC1CC1)CC2=O)NC1CC1. The Labute approximate surface area is 191 Å². The van der Waals surface area contributed by atoms with Gasteiger partial charge in [0.1, 0.15) is 12.4 Å². The van der Waals surface area contributed by atoms with Gasteiger partial charge >= 0.3 is 0 Å². The van der Waals surface area contributed by atoms with Crippen LogP contribution in [0.3, 0.4) is 0 Å². The standard InChI is InChI=1S/C26H35N3O3/c30-25(27-23-9-10-23)14-20-11-12-29-17-21(20)5-3-13-32-24-6-2-1-4-22(24)16-28(18-26(29)31)15-19-7-8-19/h1-6,19-21,23H,7-18H2,(H,27,30)/b5-3+/t20-,21-/m0/s1. The number of ether oxygens (including phenoxy) is 1. The Morgan fingerprint density at radius 1 is 1.09 bits per heavy atom. The molecule has 0 radical (unpaired) electrons. The number of carbonyl (C=O) groups is 2. The van der Waals surface area contributed by atoms with Gasteiger partial charge in [0.05, 0.1) is 6.54 Å². The molecule has 3 fully saturated rings. The van der Waals surface area contributed by atoms with E-state index >= 15 is 0 Å². The highest BCUT2D eigenvalue weighted by Crippen LogP contribution is 2.32. The fraction of sp³-hybridized carbons (Fsp3) is 0.615. The van der Waals surface area contributed by atoms with E-state index in [4.69, 9.17) is 4.74 Å². The molecule has 1 aromatic rings. The Morgan fingerprint density at radius 3 is 2.75 bits per heavy atom. The minimum atomic E-state index is 0.161. The van der Waals surface area contributed by atoms with Crippen molar-refractivity contribution in [3.05, 3.63) is 42.0 Å². The quantitative estimate of drug-likeness (QED) is 0.720. The van der Waals surface area contributed by atoms with Crippen molar-refractivity contribution in [3.63, 3.8) is 0 Å². The van der Waals surface area contributed by atoms with E-state index in [9.17, 15) is 9.59 Å². The molecule has 6 heteroatoms. The van der Waals surface area contributed by atoms with Crippen LogP contribution in [-0.2, 0) is 16.1 Å². The van der Waals surface area contributed by atoms with Crippen molar-refractivity contribution < 1.29 is 14.3 Å². The maximum atomic E-state index is 13.3. The number of rotatable bonds is 5. The first-order valence-corrected chi connectivity index (χ1v) is 12.3. The molecule has 0 unspecified atom stereocenters. The molecule has 2 atom stereocenters. The van der Waals surface area contributed by atoms with Crippen molar-refractivity contribution in [2.75, 3.05) is 32.8 Å². The lowest BCUT2D eigenvalue weighted by atomic mass is 9.82. The Kier molecular flexibility index (Phi) is 6.49. The van der Waals surface area contributed by atoms with Gasteiger partial charge in [-0.15, -0.1) is 0 Å². The zero-order valence-corrected chi connectivity index (χ0v) is 18.9. The summed E-state index contributed by atoms with van der Waals surface area (Å²) in [4.78, 5) is 30.1. The van der Waals surface area contributed by atoms with Gasteiger partial charge in [0.2, 0.25) is 11.8 Å². The fourth-order valence-corrected chi connectivity index (χ4v) is 5.01. The van der Waals surface area contributed by atoms with E-state index in [1.807, 2.05) is 23.1 Å². The molecule has 2 heterocycles. The molecule has 4 aliphatic rings. The predicted molar refractivity (Wildman–Crippen MR) is 123 cm³/mol. The fourth-order valence-electron chi connectivity index (χ4n) is 5.01. The van der Waals surface area contributed by atoms with Gasteiger partial charge in [-0.05, 0) is 55.9 Å². The van der Waals surface area contributed by atoms with Crippen LogP contribution in [0.4, 0.5) is 0 Å². The smallest absolute Gasteiger partial charge is 0.236 e. The molecule has 32 heavy (non-hydrogen) atoms. The summed E-state index contributed by atoms with van der Waals surface area (Å²) < 4.78 is 6.12. The Balaban J connectivity index is 1.32. The summed E-state index contributed by atoms with van der Waals surface area (Å²) in [6.07, 6.45) is 10.4. The number of para-hydroxylation sites is 1. The number of fused-ring (bicyclic) bond motifs is 3. The van der Waals surface area contributed by atoms with Crippen LogP contribution in [-0.4, -0.2) is 60.4 Å². The number of amides is 2. The average molecular weight is 438 g/mol. The summed E-state index contributed by atoms with van der Waals surface area (Å²) in [7, 11) is 0. The molecule has 2 saturated carbocycles. The monoisotopic (exact) mass is 437 g/mol. The molecule has 6 nitrogen and oxygen atoms in total. The van der Waals surface area contributed by atoms with Gasteiger partial charge < -0.3 is 15.0 Å². The van der Waals surface area contributed by atoms with Crippen molar-refractivity contribution >= 4 is 11.8 Å². The van der Waals surface area contributed by atoms with E-state index in [1.165, 1.54) is 12.8 Å². The lowest BCUT2D eigenvalue weighted by molar-refractivity contribution is -0.135. The molecular formula is C26H35N3O3. The van der Waals surface area contributed by atoms with Crippen LogP contribution >= 0.6 is 0 Å². The summed E-state index contributed by atoms with van der Waals surface area (Å²) in [6.45, 7) is 4.11. The molecule has 2 bridgehead atoms. The number of nitrogens with one attached hydrogen (secondary N) is 1. The maximum Gasteiger partial charge on any atom is 0.236 e. The van der Waals surface area contributed by atoms with Gasteiger partial charge in [-0.1, -0.05) is 30.4 Å². The average Bonchev–Trinajstić information content (AvgIpc) is 3.70. The third kappa shape index (κ3) is 5.71. The second-order valence-electron chi connectivity index (χ2n) is 10.1. The summed E-state index contributed by atoms with van der Waals surface area (Å²) in [5, 5.41) is 3.13. The van der Waals surface area contributed by atoms with Crippen molar-refractivity contribution in [3.8, 4) is 5.75 Å². The Bertz CT molecular complexity index is 862. The van der Waals surface area contributed by atoms with Crippen molar-refractivity contribution in [1.82, 2.24) is 15.1 Å². The first-order valence-electron chi connectivity index (χ1n) is 12.3. The highest BCUT2D eigenvalue weighted by atomic mass is 16.5. The van der Waals surface area contributed by atoms with Crippen LogP contribution in [0, 0.1) is 17.8 Å². The van der Waals surface area contributed by atoms with Crippen LogP contribution in [0.2, 0.25) is 0 Å². The second-order valence-corrected chi connectivity index (χ2v) is 10.1. The van der Waals surface area contributed by atoms with Crippen LogP contribution < -0.4 is 10.1 Å². The van der Waals surface area contributed by atoms with Gasteiger partial charge in [0.15, 0.2) is 0 Å². The highest BCUT2D eigenvalue weighted by Gasteiger charge is 2.34. The summed E-state index contributed by atoms with van der Waals surface area (Å²) in [5.41, 5.74) is 1.14. The van der Waals surface area contributed by atoms with E-state index in [0.717, 1.165) is 56.1 Å². The molecule has 1 aromatic carbocycles. The number of carbonyl (C=O) groups excluding carboxylic acids is 2. The summed E-state index contributed by atoms with van der Waals surface area (Å²) in [6, 6.07) is 8.57. The summed E-state index contributed by atoms with van der Waals surface area (Å²) >= 11 is 0. The zero-order chi connectivity index (χ0) is 21.9. The first-order chi connectivity index (χ1) is 15.6. The van der Waals surface area contributed by atoms with Crippen LogP contribution in [0.5, 0.6) is 5.75 Å². The number of piperidine rings is 1. The molecule has 1 N–H and O–H groups in total. The lowest BCUT2D eigenvalue weighted by Gasteiger charge is -2.38. The normalized spacial score (nSPS) is 27.9. The molecule has 0 aromatic heterocycles. The third-order valence-corrected chi connectivity index (χ3v) is 7.21. The molecule has 1 saturated heterocycles. The number of hydrogen-bond donors (Lipinski definition) is 1. The molecule has 2 amide bonds. The van der Waals surface area contributed by atoms with Gasteiger partial charge in [-0.2, -0.15) is 0 Å². The summed E-state index contributed by atoms with van der Waals surface area (Å²) in [5.74, 6) is 2.45. The molecule has 2 aliphatic heterocycles. The molecule has 2 aliphatic carbocycles. The number of nitrogens with zero attached hydrogens (tertiary/aromatic N) is 2. The van der Waals surface area contributed by atoms with E-state index in [0.29, 0.717) is 32.2 Å². The van der Waals surface area contributed by atoms with Gasteiger partial charge in [0, 0.05) is 44.2 Å². The van der Waals surface area contributed by atoms with E-state index in [2.05, 4.69) is 28.4 Å². The van der Waals surface area contributed by atoms with Gasteiger partial charge in [-0.3, -0.25) is 14.5 Å². The molecule has 0 spiro atoms. The van der Waals surface area contributed by atoms with Crippen molar-refractivity contribution in [1.29, 1.82) is 0 Å². The van der Waals surface area contributed by atoms with Crippen LogP contribution in [0.25, 0.3) is 0 Å². The third-order valence-electron chi connectivity index (χ3n) is 7.21. The van der Waals surface area contributed by atoms with Gasteiger partial charge in [-0.25, -0.2) is 0 Å². The predicted octanol–water partition coefficient (Wildman–Crippen LogP) is 2.98. The molecule has 172 valence electrons. The van der Waals surface area contributed by atoms with Crippen molar-refractivity contribution in [2.24, 2.45) is 17.8 Å². The van der Waals surface area contributed by atoms with Gasteiger partial charge in [0.25, 0.3) is 0 Å². The van der Waals surface area contributed by atoms with E-state index in [-0.39, 0.29) is 23.7 Å². The minimum absolute atomic E-state index is 0.161. The topological polar surface area (TPSA) is 61.9 Å². The second kappa shape index (κ2) is 9.65. The number of benzene rings is 1. The van der Waals surface area contributed by atoms with Crippen LogP contribution in [0.1, 0.15) is 44.1 Å². The van der Waals surface area contributed by atoms with E-state index < -0.39 is 0 Å².